The predicted octanol–water partition coefficient (Wildman–Crippen LogP) is 3.64. The van der Waals surface area contributed by atoms with E-state index in [4.69, 9.17) is 6.42 Å². The normalized spacial score (nSPS) is 12.1. The Morgan fingerprint density at radius 1 is 1.00 bits per heavy atom. The zero-order chi connectivity index (χ0) is 9.99. The van der Waals surface area contributed by atoms with Gasteiger partial charge in [0.15, 0.2) is 0 Å². The van der Waals surface area contributed by atoms with Crippen LogP contribution in [0.5, 0.6) is 0 Å². The molecule has 0 heterocycles. The number of terminal acetylenes is 1. The molecule has 0 aliphatic rings. The van der Waals surface area contributed by atoms with Crippen molar-refractivity contribution in [1.82, 2.24) is 0 Å². The summed E-state index contributed by atoms with van der Waals surface area (Å²) in [6.07, 6.45) is 7.20. The number of rotatable bonds is 0. The fourth-order valence-corrected chi connectivity index (χ4v) is 1.64. The van der Waals surface area contributed by atoms with Crippen LogP contribution in [0.3, 0.4) is 0 Å². The zero-order valence-corrected chi connectivity index (χ0v) is 9.15. The molecule has 0 aromatic rings. The molecule has 0 saturated carbocycles. The Kier molecular flexibility index (Phi) is 3.16. The standard InChI is InChI=1S/C12H20/c1-8-9-10(11(2,3)4)12(5,6)7/h1,9H,2-7H3. The van der Waals surface area contributed by atoms with E-state index in [0.717, 1.165) is 0 Å². The highest BCUT2D eigenvalue weighted by atomic mass is 14.3. The number of allylic oxidation sites excluding steroid dienone is 2. The minimum atomic E-state index is 0.171. The molecular weight excluding hydrogens is 144 g/mol. The summed E-state index contributed by atoms with van der Waals surface area (Å²) in [6.45, 7) is 13.2. The molecule has 0 radical (unpaired) electrons. The maximum Gasteiger partial charge on any atom is -0.0119 e. The summed E-state index contributed by atoms with van der Waals surface area (Å²) in [7, 11) is 0. The van der Waals surface area contributed by atoms with Crippen LogP contribution in [-0.4, -0.2) is 0 Å². The van der Waals surface area contributed by atoms with Crippen LogP contribution in [0.2, 0.25) is 0 Å². The first-order valence-electron chi connectivity index (χ1n) is 4.37. The van der Waals surface area contributed by atoms with Gasteiger partial charge in [-0.05, 0) is 16.9 Å². The van der Waals surface area contributed by atoms with Crippen LogP contribution in [0.4, 0.5) is 0 Å². The van der Waals surface area contributed by atoms with E-state index >= 15 is 0 Å². The molecule has 0 heteroatoms. The third-order valence-electron chi connectivity index (χ3n) is 1.84. The summed E-state index contributed by atoms with van der Waals surface area (Å²) in [5.41, 5.74) is 1.67. The lowest BCUT2D eigenvalue weighted by atomic mass is 9.72. The molecule has 0 nitrogen and oxygen atoms in total. The summed E-state index contributed by atoms with van der Waals surface area (Å²) < 4.78 is 0. The summed E-state index contributed by atoms with van der Waals surface area (Å²) in [6, 6.07) is 0. The maximum absolute atomic E-state index is 5.30. The van der Waals surface area contributed by atoms with Crippen molar-refractivity contribution in [3.8, 4) is 12.3 Å². The first-order valence-corrected chi connectivity index (χ1v) is 4.37. The van der Waals surface area contributed by atoms with E-state index in [1.165, 1.54) is 5.57 Å². The molecule has 68 valence electrons. The quantitative estimate of drug-likeness (QED) is 0.479. The lowest BCUT2D eigenvalue weighted by Gasteiger charge is -2.33. The minimum Gasteiger partial charge on any atom is -0.115 e. The summed E-state index contributed by atoms with van der Waals surface area (Å²) in [5, 5.41) is 0. The molecule has 0 rings (SSSR count). The predicted molar refractivity (Wildman–Crippen MR) is 55.8 cm³/mol. The molecule has 0 atom stereocenters. The van der Waals surface area contributed by atoms with Crippen molar-refractivity contribution in [2.45, 2.75) is 41.5 Å². The first-order chi connectivity index (χ1) is 5.19. The maximum atomic E-state index is 5.30. The van der Waals surface area contributed by atoms with E-state index in [1.807, 2.05) is 6.08 Å². The molecular formula is C12H20. The van der Waals surface area contributed by atoms with Crippen molar-refractivity contribution < 1.29 is 0 Å². The molecule has 0 saturated heterocycles. The average molecular weight is 164 g/mol. The number of hydrogen-bond acceptors (Lipinski definition) is 0. The summed E-state index contributed by atoms with van der Waals surface area (Å²) in [5.74, 6) is 2.62. The molecule has 0 spiro atoms. The van der Waals surface area contributed by atoms with Crippen LogP contribution in [0.15, 0.2) is 11.6 Å². The van der Waals surface area contributed by atoms with Crippen LogP contribution in [0, 0.1) is 23.2 Å². The molecule has 0 N–H and O–H groups in total. The van der Waals surface area contributed by atoms with E-state index in [0.29, 0.717) is 0 Å². The Morgan fingerprint density at radius 3 is 1.42 bits per heavy atom. The molecule has 0 bridgehead atoms. The van der Waals surface area contributed by atoms with Crippen LogP contribution < -0.4 is 0 Å². The lowest BCUT2D eigenvalue weighted by molar-refractivity contribution is 0.363. The van der Waals surface area contributed by atoms with Gasteiger partial charge in [0.05, 0.1) is 0 Å². The highest BCUT2D eigenvalue weighted by molar-refractivity contribution is 5.26. The van der Waals surface area contributed by atoms with Crippen molar-refractivity contribution in [2.24, 2.45) is 10.8 Å². The van der Waals surface area contributed by atoms with Gasteiger partial charge in [0, 0.05) is 0 Å². The van der Waals surface area contributed by atoms with Gasteiger partial charge in [-0.1, -0.05) is 53.0 Å². The van der Waals surface area contributed by atoms with Crippen LogP contribution >= 0.6 is 0 Å². The molecule has 0 fully saturated rings. The first kappa shape index (κ1) is 11.3. The van der Waals surface area contributed by atoms with Gasteiger partial charge in [0.2, 0.25) is 0 Å². The average Bonchev–Trinajstić information content (AvgIpc) is 1.77. The SMILES string of the molecule is C#CC=C(C(C)(C)C)C(C)(C)C. The Morgan fingerprint density at radius 2 is 1.33 bits per heavy atom. The topological polar surface area (TPSA) is 0 Å². The lowest BCUT2D eigenvalue weighted by Crippen LogP contribution is -2.22. The molecule has 0 aromatic heterocycles. The molecule has 12 heavy (non-hydrogen) atoms. The van der Waals surface area contributed by atoms with E-state index in [9.17, 15) is 0 Å². The summed E-state index contributed by atoms with van der Waals surface area (Å²) >= 11 is 0. The Bertz CT molecular complexity index is 194. The van der Waals surface area contributed by atoms with E-state index in [-0.39, 0.29) is 10.8 Å². The van der Waals surface area contributed by atoms with Crippen molar-refractivity contribution >= 4 is 0 Å². The zero-order valence-electron chi connectivity index (χ0n) is 9.15. The van der Waals surface area contributed by atoms with Crippen molar-refractivity contribution in [3.63, 3.8) is 0 Å². The van der Waals surface area contributed by atoms with Gasteiger partial charge in [-0.15, -0.1) is 6.42 Å². The van der Waals surface area contributed by atoms with Crippen LogP contribution in [-0.2, 0) is 0 Å². The third kappa shape index (κ3) is 3.13. The van der Waals surface area contributed by atoms with Crippen molar-refractivity contribution in [3.05, 3.63) is 11.6 Å². The largest absolute Gasteiger partial charge is 0.115 e. The third-order valence-corrected chi connectivity index (χ3v) is 1.84. The molecule has 0 unspecified atom stereocenters. The van der Waals surface area contributed by atoms with E-state index < -0.39 is 0 Å². The highest BCUT2D eigenvalue weighted by Crippen LogP contribution is 2.38. The molecule has 0 aromatic carbocycles. The Balaban J connectivity index is 5.00. The van der Waals surface area contributed by atoms with Gasteiger partial charge in [-0.3, -0.25) is 0 Å². The second-order valence-electron chi connectivity index (χ2n) is 5.22. The van der Waals surface area contributed by atoms with Gasteiger partial charge < -0.3 is 0 Å². The van der Waals surface area contributed by atoms with E-state index in [2.05, 4.69) is 47.5 Å². The van der Waals surface area contributed by atoms with Gasteiger partial charge in [0.1, 0.15) is 0 Å². The second kappa shape index (κ2) is 3.35. The van der Waals surface area contributed by atoms with Crippen LogP contribution in [0.25, 0.3) is 0 Å². The molecule has 0 aliphatic carbocycles. The van der Waals surface area contributed by atoms with Crippen LogP contribution in [0.1, 0.15) is 41.5 Å². The smallest absolute Gasteiger partial charge is 0.0119 e. The fraction of sp³-hybridized carbons (Fsp3) is 0.667. The Labute approximate surface area is 77.1 Å². The molecule has 0 amide bonds. The van der Waals surface area contributed by atoms with Gasteiger partial charge >= 0.3 is 0 Å². The van der Waals surface area contributed by atoms with E-state index in [1.54, 1.807) is 0 Å². The summed E-state index contributed by atoms with van der Waals surface area (Å²) in [4.78, 5) is 0. The van der Waals surface area contributed by atoms with Gasteiger partial charge in [-0.25, -0.2) is 0 Å². The monoisotopic (exact) mass is 164 g/mol. The minimum absolute atomic E-state index is 0.171. The van der Waals surface area contributed by atoms with Crippen molar-refractivity contribution in [2.75, 3.05) is 0 Å². The van der Waals surface area contributed by atoms with Crippen molar-refractivity contribution in [1.29, 1.82) is 0 Å². The molecule has 0 aliphatic heterocycles. The second-order valence-corrected chi connectivity index (χ2v) is 5.22. The fourth-order valence-electron chi connectivity index (χ4n) is 1.64. The number of hydrogen-bond donors (Lipinski definition) is 0. The highest BCUT2D eigenvalue weighted by Gasteiger charge is 2.27. The van der Waals surface area contributed by atoms with Gasteiger partial charge in [0.25, 0.3) is 0 Å². The Hall–Kier alpha value is -0.700. The van der Waals surface area contributed by atoms with Gasteiger partial charge in [-0.2, -0.15) is 0 Å².